The van der Waals surface area contributed by atoms with Gasteiger partial charge in [-0.1, -0.05) is 31.4 Å². The Hall–Kier alpha value is -3.09. The molecule has 0 spiro atoms. The highest BCUT2D eigenvalue weighted by Gasteiger charge is 2.16. The predicted molar refractivity (Wildman–Crippen MR) is 101 cm³/mol. The van der Waals surface area contributed by atoms with Crippen LogP contribution in [0.1, 0.15) is 37.7 Å². The fraction of sp³-hybridized carbons (Fsp3) is 0.316. The molecule has 1 amide bonds. The molecule has 136 valence electrons. The van der Waals surface area contributed by atoms with Crippen LogP contribution in [0, 0.1) is 0 Å². The number of pyridine rings is 1. The van der Waals surface area contributed by atoms with Gasteiger partial charge in [0.2, 0.25) is 0 Å². The van der Waals surface area contributed by atoms with E-state index in [1.54, 1.807) is 24.5 Å². The minimum absolute atomic E-state index is 0.207. The number of carbonyl (C=O) groups excluding carboxylic acids is 1. The van der Waals surface area contributed by atoms with E-state index in [2.05, 4.69) is 15.4 Å². The third kappa shape index (κ3) is 4.50. The minimum Gasteiger partial charge on any atom is -0.410 e. The zero-order valence-electron chi connectivity index (χ0n) is 14.5. The quantitative estimate of drug-likeness (QED) is 0.338. The van der Waals surface area contributed by atoms with E-state index in [1.807, 2.05) is 18.2 Å². The summed E-state index contributed by atoms with van der Waals surface area (Å²) in [5.41, 5.74) is 8.04. The summed E-state index contributed by atoms with van der Waals surface area (Å²) in [6.07, 6.45) is 8.44. The molecule has 1 heterocycles. The summed E-state index contributed by atoms with van der Waals surface area (Å²) < 4.78 is 5.44. The molecule has 1 aliphatic rings. The minimum atomic E-state index is -0.416. The van der Waals surface area contributed by atoms with Gasteiger partial charge in [0.15, 0.2) is 5.84 Å². The topological polar surface area (TPSA) is 116 Å². The number of ether oxygens (including phenoxy) is 1. The first kappa shape index (κ1) is 17.7. The first-order valence-electron chi connectivity index (χ1n) is 8.73. The van der Waals surface area contributed by atoms with Gasteiger partial charge in [-0.25, -0.2) is 4.79 Å². The van der Waals surface area contributed by atoms with Crippen molar-refractivity contribution in [2.75, 3.05) is 0 Å². The Morgan fingerprint density at radius 1 is 1.15 bits per heavy atom. The highest BCUT2D eigenvalue weighted by atomic mass is 16.6. The van der Waals surface area contributed by atoms with Crippen LogP contribution >= 0.6 is 0 Å². The van der Waals surface area contributed by atoms with Gasteiger partial charge in [-0.05, 0) is 36.6 Å². The van der Waals surface area contributed by atoms with Crippen molar-refractivity contribution < 1.29 is 9.53 Å². The van der Waals surface area contributed by atoms with Crippen molar-refractivity contribution >= 4 is 11.9 Å². The fourth-order valence-corrected chi connectivity index (χ4v) is 3.10. The molecule has 1 aromatic heterocycles. The molecule has 0 atom stereocenters. The summed E-state index contributed by atoms with van der Waals surface area (Å²) >= 11 is 0. The van der Waals surface area contributed by atoms with Crippen molar-refractivity contribution in [1.82, 2.24) is 10.3 Å². The van der Waals surface area contributed by atoms with Crippen LogP contribution in [0.15, 0.2) is 47.8 Å². The number of hydrogen-bond donors (Lipinski definition) is 3. The lowest BCUT2D eigenvalue weighted by atomic mass is 9.96. The van der Waals surface area contributed by atoms with Crippen molar-refractivity contribution in [1.29, 1.82) is 0 Å². The lowest BCUT2D eigenvalue weighted by Crippen LogP contribution is -2.37. The first-order valence-corrected chi connectivity index (χ1v) is 8.73. The SMILES string of the molecule is N/N=C(\N)c1cncc(-c2cccc(OC(=O)NC3CCCCC3)c2)c1. The van der Waals surface area contributed by atoms with Gasteiger partial charge in [0, 0.05) is 29.6 Å². The van der Waals surface area contributed by atoms with E-state index < -0.39 is 6.09 Å². The van der Waals surface area contributed by atoms with Crippen molar-refractivity contribution in [3.05, 3.63) is 48.3 Å². The highest BCUT2D eigenvalue weighted by molar-refractivity contribution is 5.97. The monoisotopic (exact) mass is 353 g/mol. The maximum Gasteiger partial charge on any atom is 0.412 e. The second-order valence-electron chi connectivity index (χ2n) is 6.37. The molecular weight excluding hydrogens is 330 g/mol. The lowest BCUT2D eigenvalue weighted by molar-refractivity contribution is 0.192. The number of rotatable bonds is 4. The number of benzene rings is 1. The number of aromatic nitrogens is 1. The van der Waals surface area contributed by atoms with Gasteiger partial charge in [-0.3, -0.25) is 4.98 Å². The molecule has 0 aliphatic heterocycles. The molecular formula is C19H23N5O2. The Morgan fingerprint density at radius 2 is 1.96 bits per heavy atom. The van der Waals surface area contributed by atoms with Crippen LogP contribution in [0.2, 0.25) is 0 Å². The number of nitrogens with zero attached hydrogens (tertiary/aromatic N) is 2. The Bertz CT molecular complexity index is 800. The van der Waals surface area contributed by atoms with E-state index in [1.165, 1.54) is 6.42 Å². The van der Waals surface area contributed by atoms with Crippen molar-refractivity contribution in [3.8, 4) is 16.9 Å². The smallest absolute Gasteiger partial charge is 0.410 e. The predicted octanol–water partition coefficient (Wildman–Crippen LogP) is 2.75. The molecule has 1 aliphatic carbocycles. The summed E-state index contributed by atoms with van der Waals surface area (Å²) in [7, 11) is 0. The average Bonchev–Trinajstić information content (AvgIpc) is 2.68. The van der Waals surface area contributed by atoms with Crippen molar-refractivity contribution in [2.24, 2.45) is 16.7 Å². The molecule has 7 heteroatoms. The third-order valence-corrected chi connectivity index (χ3v) is 4.48. The molecule has 1 saturated carbocycles. The summed E-state index contributed by atoms with van der Waals surface area (Å²) in [4.78, 5) is 16.3. The van der Waals surface area contributed by atoms with Gasteiger partial charge in [0.1, 0.15) is 5.75 Å². The maximum atomic E-state index is 12.1. The maximum absolute atomic E-state index is 12.1. The standard InChI is InChI=1S/C19H23N5O2/c20-18(24-21)15-9-14(11-22-12-15)13-5-4-8-17(10-13)26-19(25)23-16-6-2-1-3-7-16/h4-5,8-12,16H,1-3,6-7,21H2,(H2,20,24)(H,23,25). The molecule has 3 rings (SSSR count). The van der Waals surface area contributed by atoms with Gasteiger partial charge in [-0.2, -0.15) is 5.10 Å². The van der Waals surface area contributed by atoms with Crippen molar-refractivity contribution in [2.45, 2.75) is 38.1 Å². The Morgan fingerprint density at radius 3 is 2.73 bits per heavy atom. The molecule has 0 radical (unpaired) electrons. The molecule has 26 heavy (non-hydrogen) atoms. The number of amidine groups is 1. The van der Waals surface area contributed by atoms with Crippen LogP contribution in [-0.4, -0.2) is 23.0 Å². The third-order valence-electron chi connectivity index (χ3n) is 4.48. The van der Waals surface area contributed by atoms with E-state index in [0.717, 1.165) is 36.8 Å². The molecule has 1 aromatic carbocycles. The normalized spacial score (nSPS) is 15.5. The molecule has 0 saturated heterocycles. The summed E-state index contributed by atoms with van der Waals surface area (Å²) in [5, 5.41) is 6.42. The Kier molecular flexibility index (Phi) is 5.68. The van der Waals surface area contributed by atoms with Gasteiger partial charge in [0.25, 0.3) is 0 Å². The van der Waals surface area contributed by atoms with E-state index in [9.17, 15) is 4.79 Å². The van der Waals surface area contributed by atoms with Crippen molar-refractivity contribution in [3.63, 3.8) is 0 Å². The van der Waals surface area contributed by atoms with Crippen LogP contribution in [0.4, 0.5) is 4.79 Å². The summed E-state index contributed by atoms with van der Waals surface area (Å²) in [6.45, 7) is 0. The summed E-state index contributed by atoms with van der Waals surface area (Å²) in [5.74, 6) is 5.90. The van der Waals surface area contributed by atoms with Crippen LogP contribution in [0.5, 0.6) is 5.75 Å². The number of carbonyl (C=O) groups is 1. The van der Waals surface area contributed by atoms with Crippen LogP contribution in [0.3, 0.4) is 0 Å². The van der Waals surface area contributed by atoms with E-state index in [4.69, 9.17) is 16.3 Å². The van der Waals surface area contributed by atoms with E-state index in [-0.39, 0.29) is 11.9 Å². The number of amides is 1. The molecule has 7 nitrogen and oxygen atoms in total. The second kappa shape index (κ2) is 8.33. The van der Waals surface area contributed by atoms with Crippen LogP contribution in [0.25, 0.3) is 11.1 Å². The lowest BCUT2D eigenvalue weighted by Gasteiger charge is -2.22. The molecule has 0 unspecified atom stereocenters. The van der Waals surface area contributed by atoms with Gasteiger partial charge < -0.3 is 21.6 Å². The first-order chi connectivity index (χ1) is 12.7. The molecule has 5 N–H and O–H groups in total. The van der Waals surface area contributed by atoms with E-state index >= 15 is 0 Å². The molecule has 2 aromatic rings. The summed E-state index contributed by atoms with van der Waals surface area (Å²) in [6, 6.07) is 9.31. The second-order valence-corrected chi connectivity index (χ2v) is 6.37. The van der Waals surface area contributed by atoms with Gasteiger partial charge in [0.05, 0.1) is 0 Å². The van der Waals surface area contributed by atoms with Gasteiger partial charge >= 0.3 is 6.09 Å². The number of nitrogens with two attached hydrogens (primary N) is 2. The zero-order chi connectivity index (χ0) is 18.4. The van der Waals surface area contributed by atoms with Crippen LogP contribution in [-0.2, 0) is 0 Å². The highest BCUT2D eigenvalue weighted by Crippen LogP contribution is 2.24. The van der Waals surface area contributed by atoms with Gasteiger partial charge in [-0.15, -0.1) is 0 Å². The largest absolute Gasteiger partial charge is 0.412 e. The molecule has 0 bridgehead atoms. The number of hydrazone groups is 1. The fourth-order valence-electron chi connectivity index (χ4n) is 3.10. The molecule has 1 fully saturated rings. The zero-order valence-corrected chi connectivity index (χ0v) is 14.5. The van der Waals surface area contributed by atoms with Crippen LogP contribution < -0.4 is 21.6 Å². The number of hydrogen-bond acceptors (Lipinski definition) is 5. The number of nitrogens with one attached hydrogen (secondary N) is 1. The Balaban J connectivity index is 1.71. The van der Waals surface area contributed by atoms with E-state index in [0.29, 0.717) is 11.3 Å². The average molecular weight is 353 g/mol. The Labute approximate surface area is 152 Å².